The summed E-state index contributed by atoms with van der Waals surface area (Å²) in [6.45, 7) is 0.744. The van der Waals surface area contributed by atoms with Gasteiger partial charge in [0.2, 0.25) is 0 Å². The van der Waals surface area contributed by atoms with Gasteiger partial charge in [0.05, 0.1) is 16.6 Å². The van der Waals surface area contributed by atoms with Gasteiger partial charge in [-0.05, 0) is 45.8 Å². The van der Waals surface area contributed by atoms with E-state index in [1.54, 1.807) is 0 Å². The van der Waals surface area contributed by atoms with Gasteiger partial charge in [0.15, 0.2) is 5.65 Å². The smallest absolute Gasteiger partial charge is 0.160 e. The van der Waals surface area contributed by atoms with Crippen molar-refractivity contribution < 1.29 is 0 Å². The molecule has 5 heteroatoms. The Morgan fingerprint density at radius 3 is 2.27 bits per heavy atom. The molecule has 0 bridgehead atoms. The van der Waals surface area contributed by atoms with Crippen molar-refractivity contribution in [1.82, 2.24) is 14.5 Å². The Kier molecular flexibility index (Phi) is 3.80. The van der Waals surface area contributed by atoms with Crippen LogP contribution in [0.1, 0.15) is 5.56 Å². The fourth-order valence-corrected chi connectivity index (χ4v) is 4.85. The Labute approximate surface area is 166 Å². The maximum atomic E-state index is 4.95. The Balaban J connectivity index is 1.91. The molecule has 5 rings (SSSR count). The average Bonchev–Trinajstić information content (AvgIpc) is 2.94. The number of fused-ring (bicyclic) bond motifs is 4. The minimum Gasteiger partial charge on any atom is -0.318 e. The molecule has 2 aromatic heterocycles. The Morgan fingerprint density at radius 2 is 1.50 bits per heavy atom. The molecule has 126 valence electrons. The summed E-state index contributed by atoms with van der Waals surface area (Å²) < 4.78 is 4.29. The predicted molar refractivity (Wildman–Crippen MR) is 113 cm³/mol. The quantitative estimate of drug-likeness (QED) is 0.305. The van der Waals surface area contributed by atoms with Crippen LogP contribution in [0.25, 0.3) is 33.1 Å². The molecule has 0 radical (unpaired) electrons. The van der Waals surface area contributed by atoms with Gasteiger partial charge >= 0.3 is 0 Å². The minimum atomic E-state index is 0.744. The van der Waals surface area contributed by atoms with Crippen molar-refractivity contribution in [3.05, 3.63) is 81.2 Å². The lowest BCUT2D eigenvalue weighted by Gasteiger charge is -2.08. The normalized spacial score (nSPS) is 11.6. The molecule has 0 unspecified atom stereocenters. The van der Waals surface area contributed by atoms with Crippen molar-refractivity contribution in [3.63, 3.8) is 0 Å². The first-order valence-electron chi connectivity index (χ1n) is 8.28. The minimum absolute atomic E-state index is 0.744. The predicted octanol–water partition coefficient (Wildman–Crippen LogP) is 6.31. The summed E-state index contributed by atoms with van der Waals surface area (Å²) in [4.78, 5) is 9.87. The highest BCUT2D eigenvalue weighted by Gasteiger charge is 2.17. The van der Waals surface area contributed by atoms with Crippen LogP contribution in [-0.4, -0.2) is 14.5 Å². The van der Waals surface area contributed by atoms with Crippen LogP contribution in [0.5, 0.6) is 0 Å². The van der Waals surface area contributed by atoms with E-state index in [1.807, 2.05) is 30.3 Å². The lowest BCUT2D eigenvalue weighted by molar-refractivity contribution is 0.856. The highest BCUT2D eigenvalue weighted by atomic mass is 79.9. The molecule has 0 aliphatic carbocycles. The van der Waals surface area contributed by atoms with Gasteiger partial charge in [-0.1, -0.05) is 58.4 Å². The highest BCUT2D eigenvalue weighted by molar-refractivity contribution is 9.11. The molecule has 26 heavy (non-hydrogen) atoms. The zero-order chi connectivity index (χ0) is 17.7. The second-order valence-corrected chi connectivity index (χ2v) is 8.01. The van der Waals surface area contributed by atoms with Gasteiger partial charge in [0.1, 0.15) is 5.52 Å². The first-order valence-corrected chi connectivity index (χ1v) is 9.87. The van der Waals surface area contributed by atoms with E-state index < -0.39 is 0 Å². The van der Waals surface area contributed by atoms with Gasteiger partial charge in [-0.25, -0.2) is 9.97 Å². The topological polar surface area (TPSA) is 30.7 Å². The number of nitrogens with zero attached hydrogens (tertiary/aromatic N) is 3. The molecule has 0 atom stereocenters. The van der Waals surface area contributed by atoms with Crippen LogP contribution in [0.3, 0.4) is 0 Å². The van der Waals surface area contributed by atoms with E-state index in [9.17, 15) is 0 Å². The molecule has 5 aromatic rings. The number of rotatable bonds is 2. The van der Waals surface area contributed by atoms with E-state index in [4.69, 9.17) is 9.97 Å². The molecule has 0 N–H and O–H groups in total. The second-order valence-electron chi connectivity index (χ2n) is 6.24. The fourth-order valence-electron chi connectivity index (χ4n) is 3.41. The third kappa shape index (κ3) is 2.54. The molecular weight excluding hydrogens is 454 g/mol. The van der Waals surface area contributed by atoms with E-state index >= 15 is 0 Å². The summed E-state index contributed by atoms with van der Waals surface area (Å²) in [6.07, 6.45) is 0. The molecule has 0 saturated carbocycles. The number of hydrogen-bond donors (Lipinski definition) is 0. The molecule has 0 amide bonds. The number of halogens is 2. The van der Waals surface area contributed by atoms with Gasteiger partial charge in [0, 0.05) is 20.9 Å². The lowest BCUT2D eigenvalue weighted by atomic mass is 10.2. The zero-order valence-corrected chi connectivity index (χ0v) is 16.8. The summed E-state index contributed by atoms with van der Waals surface area (Å²) in [5.41, 5.74) is 6.00. The molecule has 0 aliphatic rings. The van der Waals surface area contributed by atoms with E-state index in [-0.39, 0.29) is 0 Å². The van der Waals surface area contributed by atoms with Crippen molar-refractivity contribution in [2.75, 3.05) is 0 Å². The average molecular weight is 467 g/mol. The monoisotopic (exact) mass is 465 g/mol. The lowest BCUT2D eigenvalue weighted by Crippen LogP contribution is -2.01. The maximum Gasteiger partial charge on any atom is 0.160 e. The van der Waals surface area contributed by atoms with Crippen molar-refractivity contribution in [1.29, 1.82) is 0 Å². The number of hydrogen-bond acceptors (Lipinski definition) is 2. The Hall–Kier alpha value is -2.24. The van der Waals surface area contributed by atoms with E-state index in [0.29, 0.717) is 0 Å². The number of benzene rings is 3. The van der Waals surface area contributed by atoms with Crippen LogP contribution in [0, 0.1) is 0 Å². The van der Waals surface area contributed by atoms with E-state index in [1.165, 1.54) is 5.56 Å². The summed E-state index contributed by atoms with van der Waals surface area (Å²) in [5, 5.41) is 1.09. The summed E-state index contributed by atoms with van der Waals surface area (Å²) in [7, 11) is 0. The second kappa shape index (κ2) is 6.18. The third-order valence-corrected chi connectivity index (χ3v) is 5.61. The van der Waals surface area contributed by atoms with Gasteiger partial charge in [0.25, 0.3) is 0 Å². The number of para-hydroxylation sites is 2. The SMILES string of the molecule is Brc1cc(Br)c2c(c1)c1nc3ccccc3nc1n2Cc1ccccc1. The number of aromatic nitrogens is 3. The fraction of sp³-hybridized carbons (Fsp3) is 0.0476. The highest BCUT2D eigenvalue weighted by Crippen LogP contribution is 2.36. The molecule has 2 heterocycles. The first kappa shape index (κ1) is 16.0. The molecule has 0 aliphatic heterocycles. The standard InChI is InChI=1S/C21H13Br2N3/c22-14-10-15-19-21(25-18-9-5-4-8-17(18)24-19)26(20(15)16(23)11-14)12-13-6-2-1-3-7-13/h1-11H,12H2. The van der Waals surface area contributed by atoms with Gasteiger partial charge in [-0.3, -0.25) is 0 Å². The van der Waals surface area contributed by atoms with Crippen molar-refractivity contribution in [2.24, 2.45) is 0 Å². The largest absolute Gasteiger partial charge is 0.318 e. The van der Waals surface area contributed by atoms with E-state index in [0.717, 1.165) is 48.6 Å². The van der Waals surface area contributed by atoms with Crippen molar-refractivity contribution in [3.8, 4) is 0 Å². The van der Waals surface area contributed by atoms with Gasteiger partial charge in [-0.2, -0.15) is 0 Å². The zero-order valence-electron chi connectivity index (χ0n) is 13.7. The van der Waals surface area contributed by atoms with Crippen LogP contribution >= 0.6 is 31.9 Å². The van der Waals surface area contributed by atoms with Gasteiger partial charge in [-0.15, -0.1) is 0 Å². The molecule has 0 fully saturated rings. The van der Waals surface area contributed by atoms with Crippen LogP contribution < -0.4 is 0 Å². The summed E-state index contributed by atoms with van der Waals surface area (Å²) >= 11 is 7.35. The molecule has 3 nitrogen and oxygen atoms in total. The van der Waals surface area contributed by atoms with E-state index in [2.05, 4.69) is 72.8 Å². The van der Waals surface area contributed by atoms with Gasteiger partial charge < -0.3 is 4.57 Å². The summed E-state index contributed by atoms with van der Waals surface area (Å²) in [5.74, 6) is 0. The third-order valence-electron chi connectivity index (χ3n) is 4.54. The molecule has 0 saturated heterocycles. The molecule has 3 aromatic carbocycles. The molecular formula is C21H13Br2N3. The Bertz CT molecular complexity index is 1280. The maximum absolute atomic E-state index is 4.95. The summed E-state index contributed by atoms with van der Waals surface area (Å²) in [6, 6.07) is 22.7. The van der Waals surface area contributed by atoms with Crippen LogP contribution in [0.15, 0.2) is 75.7 Å². The first-order chi connectivity index (χ1) is 12.7. The van der Waals surface area contributed by atoms with Crippen molar-refractivity contribution in [2.45, 2.75) is 6.54 Å². The molecule has 0 spiro atoms. The van der Waals surface area contributed by atoms with Crippen LogP contribution in [0.2, 0.25) is 0 Å². The van der Waals surface area contributed by atoms with Crippen LogP contribution in [-0.2, 0) is 6.54 Å². The van der Waals surface area contributed by atoms with Crippen LogP contribution in [0.4, 0.5) is 0 Å². The van der Waals surface area contributed by atoms with Crippen molar-refractivity contribution >= 4 is 65.0 Å². The Morgan fingerprint density at radius 1 is 0.808 bits per heavy atom.